The second-order valence-corrected chi connectivity index (χ2v) is 4.47. The van der Waals surface area contributed by atoms with E-state index >= 15 is 0 Å². The Hall–Kier alpha value is -1.09. The summed E-state index contributed by atoms with van der Waals surface area (Å²) in [6, 6.07) is 2.92. The van der Waals surface area contributed by atoms with Crippen molar-refractivity contribution in [3.8, 4) is 0 Å². The zero-order chi connectivity index (χ0) is 11.2. The maximum atomic E-state index is 4.15. The Morgan fingerprint density at radius 3 is 2.94 bits per heavy atom. The molecule has 1 aliphatic carbocycles. The highest BCUT2D eigenvalue weighted by molar-refractivity contribution is 5.01. The van der Waals surface area contributed by atoms with Gasteiger partial charge in [0.1, 0.15) is 0 Å². The van der Waals surface area contributed by atoms with Crippen LogP contribution in [0, 0.1) is 0 Å². The molecule has 1 aromatic rings. The van der Waals surface area contributed by atoms with Crippen LogP contribution < -0.4 is 5.32 Å². The maximum Gasteiger partial charge on any atom is 0.0492 e. The van der Waals surface area contributed by atoms with Crippen LogP contribution >= 0.6 is 0 Å². The van der Waals surface area contributed by atoms with Crippen LogP contribution in [0.2, 0.25) is 0 Å². The van der Waals surface area contributed by atoms with E-state index in [0.29, 0.717) is 0 Å². The van der Waals surface area contributed by atoms with Crippen molar-refractivity contribution in [3.05, 3.63) is 30.1 Å². The number of hydrogen-bond donors (Lipinski definition) is 1. The molecule has 0 bridgehead atoms. The van der Waals surface area contributed by atoms with Crippen molar-refractivity contribution in [2.45, 2.75) is 38.1 Å². The highest BCUT2D eigenvalue weighted by atomic mass is 15.2. The third-order valence-corrected chi connectivity index (χ3v) is 2.98. The molecule has 0 saturated heterocycles. The van der Waals surface area contributed by atoms with Crippen LogP contribution in [0.1, 0.15) is 31.4 Å². The summed E-state index contributed by atoms with van der Waals surface area (Å²) >= 11 is 0. The molecule has 0 atom stereocenters. The van der Waals surface area contributed by atoms with E-state index in [0.717, 1.165) is 31.8 Å². The average Bonchev–Trinajstić information content (AvgIpc) is 3.01. The first-order chi connectivity index (χ1) is 7.86. The van der Waals surface area contributed by atoms with Gasteiger partial charge in [0.05, 0.1) is 0 Å². The first-order valence-electron chi connectivity index (χ1n) is 6.21. The number of aryl methyl sites for hydroxylation is 2. The zero-order valence-corrected chi connectivity index (χ0v) is 10.0. The molecular weight excluding hydrogens is 198 g/mol. The molecule has 0 unspecified atom stereocenters. The van der Waals surface area contributed by atoms with Crippen LogP contribution in [-0.2, 0) is 13.5 Å². The van der Waals surface area contributed by atoms with E-state index in [1.807, 2.05) is 17.9 Å². The third-order valence-electron chi connectivity index (χ3n) is 2.98. The van der Waals surface area contributed by atoms with Crippen molar-refractivity contribution >= 4 is 0 Å². The largest absolute Gasteiger partial charge is 0.314 e. The van der Waals surface area contributed by atoms with Gasteiger partial charge in [-0.1, -0.05) is 12.2 Å². The highest BCUT2D eigenvalue weighted by Crippen LogP contribution is 2.18. The molecule has 0 amide bonds. The summed E-state index contributed by atoms with van der Waals surface area (Å²) in [5.74, 6) is 0. The number of allylic oxidation sites excluding steroid dienone is 1. The number of hydrogen-bond acceptors (Lipinski definition) is 2. The smallest absolute Gasteiger partial charge is 0.0492 e. The normalized spacial score (nSPS) is 16.1. The van der Waals surface area contributed by atoms with E-state index < -0.39 is 0 Å². The van der Waals surface area contributed by atoms with Gasteiger partial charge in [-0.25, -0.2) is 0 Å². The zero-order valence-electron chi connectivity index (χ0n) is 10.0. The minimum Gasteiger partial charge on any atom is -0.314 e. The van der Waals surface area contributed by atoms with E-state index in [9.17, 15) is 0 Å². The second-order valence-electron chi connectivity index (χ2n) is 4.47. The van der Waals surface area contributed by atoms with E-state index in [1.54, 1.807) is 0 Å². The fraction of sp³-hybridized carbons (Fsp3) is 0.615. The fourth-order valence-corrected chi connectivity index (χ4v) is 1.77. The molecule has 0 spiro atoms. The summed E-state index contributed by atoms with van der Waals surface area (Å²) in [4.78, 5) is 0. The van der Waals surface area contributed by atoms with Crippen molar-refractivity contribution in [1.29, 1.82) is 0 Å². The number of nitrogens with one attached hydrogen (secondary N) is 1. The van der Waals surface area contributed by atoms with E-state index in [4.69, 9.17) is 0 Å². The average molecular weight is 219 g/mol. The van der Waals surface area contributed by atoms with Crippen molar-refractivity contribution in [2.75, 3.05) is 6.54 Å². The quantitative estimate of drug-likeness (QED) is 0.562. The van der Waals surface area contributed by atoms with Gasteiger partial charge in [0.25, 0.3) is 0 Å². The molecule has 3 heteroatoms. The molecule has 1 aliphatic rings. The summed E-state index contributed by atoms with van der Waals surface area (Å²) < 4.78 is 1.95. The van der Waals surface area contributed by atoms with Gasteiger partial charge in [-0.2, -0.15) is 5.10 Å². The lowest BCUT2D eigenvalue weighted by Gasteiger charge is -1.99. The predicted octanol–water partition coefficient (Wildman–Crippen LogP) is 2.05. The summed E-state index contributed by atoms with van der Waals surface area (Å²) in [6.45, 7) is 1.13. The Bertz CT molecular complexity index is 337. The van der Waals surface area contributed by atoms with Crippen LogP contribution in [0.4, 0.5) is 0 Å². The van der Waals surface area contributed by atoms with Gasteiger partial charge in [0.15, 0.2) is 0 Å². The van der Waals surface area contributed by atoms with E-state index in [2.05, 4.69) is 28.6 Å². The van der Waals surface area contributed by atoms with Crippen LogP contribution in [0.5, 0.6) is 0 Å². The molecule has 16 heavy (non-hydrogen) atoms. The summed E-state index contributed by atoms with van der Waals surface area (Å²) in [5, 5.41) is 7.66. The van der Waals surface area contributed by atoms with Crippen molar-refractivity contribution in [3.63, 3.8) is 0 Å². The number of rotatable bonds is 7. The van der Waals surface area contributed by atoms with Crippen LogP contribution in [0.3, 0.4) is 0 Å². The Kier molecular flexibility index (Phi) is 4.17. The Balaban J connectivity index is 1.53. The Labute approximate surface area is 97.5 Å². The molecule has 1 saturated carbocycles. The highest BCUT2D eigenvalue weighted by Gasteiger charge is 2.19. The minimum atomic E-state index is 0.836. The standard InChI is InChI=1S/C13H21N3/c1-16-13(9-11-15-16)6-4-2-3-5-10-14-12-7-8-12/h2-3,9,11-12,14H,4-8,10H2,1H3/b3-2+. The molecular formula is C13H21N3. The van der Waals surface area contributed by atoms with Gasteiger partial charge in [-0.05, 0) is 44.7 Å². The van der Waals surface area contributed by atoms with Crippen molar-refractivity contribution in [1.82, 2.24) is 15.1 Å². The molecule has 3 nitrogen and oxygen atoms in total. The predicted molar refractivity (Wildman–Crippen MR) is 66.3 cm³/mol. The molecule has 1 heterocycles. The molecule has 0 aromatic carbocycles. The monoisotopic (exact) mass is 219 g/mol. The topological polar surface area (TPSA) is 29.9 Å². The van der Waals surface area contributed by atoms with E-state index in [1.165, 1.54) is 18.5 Å². The summed E-state index contributed by atoms with van der Waals surface area (Å²) in [6.07, 6.45) is 12.5. The van der Waals surface area contributed by atoms with Gasteiger partial charge in [0.2, 0.25) is 0 Å². The molecule has 1 N–H and O–H groups in total. The minimum absolute atomic E-state index is 0.836. The van der Waals surface area contributed by atoms with Crippen LogP contribution in [-0.4, -0.2) is 22.4 Å². The molecule has 88 valence electrons. The maximum absolute atomic E-state index is 4.15. The lowest BCUT2D eigenvalue weighted by Crippen LogP contribution is -2.16. The van der Waals surface area contributed by atoms with Gasteiger partial charge < -0.3 is 5.32 Å². The molecule has 1 aromatic heterocycles. The Morgan fingerprint density at radius 2 is 2.25 bits per heavy atom. The van der Waals surface area contributed by atoms with Gasteiger partial charge in [-0.3, -0.25) is 4.68 Å². The summed E-state index contributed by atoms with van der Waals surface area (Å²) in [7, 11) is 2.00. The molecule has 0 radical (unpaired) electrons. The lowest BCUT2D eigenvalue weighted by molar-refractivity contribution is 0.687. The number of nitrogens with zero attached hydrogens (tertiary/aromatic N) is 2. The molecule has 2 rings (SSSR count). The van der Waals surface area contributed by atoms with Gasteiger partial charge in [-0.15, -0.1) is 0 Å². The van der Waals surface area contributed by atoms with Crippen LogP contribution in [0.15, 0.2) is 24.4 Å². The van der Waals surface area contributed by atoms with Crippen molar-refractivity contribution in [2.24, 2.45) is 7.05 Å². The molecule has 1 fully saturated rings. The van der Waals surface area contributed by atoms with E-state index in [-0.39, 0.29) is 0 Å². The van der Waals surface area contributed by atoms with Gasteiger partial charge in [0, 0.05) is 25.0 Å². The van der Waals surface area contributed by atoms with Crippen molar-refractivity contribution < 1.29 is 0 Å². The second kappa shape index (κ2) is 5.85. The summed E-state index contributed by atoms with van der Waals surface area (Å²) in [5.41, 5.74) is 1.31. The fourth-order valence-electron chi connectivity index (χ4n) is 1.77. The first kappa shape index (κ1) is 11.4. The first-order valence-corrected chi connectivity index (χ1v) is 6.21. The SMILES string of the molecule is Cn1nccc1CC/C=C/CCNC1CC1. The van der Waals surface area contributed by atoms with Crippen LogP contribution in [0.25, 0.3) is 0 Å². The third kappa shape index (κ3) is 3.81. The Morgan fingerprint density at radius 1 is 1.44 bits per heavy atom. The molecule has 0 aliphatic heterocycles. The lowest BCUT2D eigenvalue weighted by atomic mass is 10.2. The van der Waals surface area contributed by atoms with Gasteiger partial charge >= 0.3 is 0 Å². The number of aromatic nitrogens is 2.